The van der Waals surface area contributed by atoms with E-state index in [0.29, 0.717) is 5.71 Å². The fourth-order valence-corrected chi connectivity index (χ4v) is 1.22. The fraction of sp³-hybridized carbons (Fsp3) is 0.111. The summed E-state index contributed by atoms with van der Waals surface area (Å²) < 4.78 is 0. The molecule has 0 saturated carbocycles. The van der Waals surface area contributed by atoms with Crippen molar-refractivity contribution in [2.45, 2.75) is 6.92 Å². The summed E-state index contributed by atoms with van der Waals surface area (Å²) in [6, 6.07) is 3.83. The first kappa shape index (κ1) is 7.79. The molecule has 4 heteroatoms. The van der Waals surface area contributed by atoms with E-state index in [1.54, 1.807) is 19.3 Å². The molecule has 0 aromatic carbocycles. The maximum Gasteiger partial charge on any atom is 0.0999 e. The first-order valence-electron chi connectivity index (χ1n) is 3.93. The minimum Gasteiger partial charge on any atom is -0.411 e. The molecule has 0 aliphatic rings. The van der Waals surface area contributed by atoms with Crippen LogP contribution < -0.4 is 0 Å². The second-order valence-electron chi connectivity index (χ2n) is 2.83. The SMILES string of the molecule is CC(=NO)c1cc2ccncc2[nH]1. The summed E-state index contributed by atoms with van der Waals surface area (Å²) >= 11 is 0. The Morgan fingerprint density at radius 2 is 2.46 bits per heavy atom. The van der Waals surface area contributed by atoms with Gasteiger partial charge in [0.05, 0.1) is 23.1 Å². The Morgan fingerprint density at radius 3 is 3.15 bits per heavy atom. The van der Waals surface area contributed by atoms with Gasteiger partial charge in [-0.05, 0) is 19.1 Å². The van der Waals surface area contributed by atoms with E-state index in [2.05, 4.69) is 15.1 Å². The second-order valence-corrected chi connectivity index (χ2v) is 2.83. The highest BCUT2D eigenvalue weighted by Gasteiger charge is 2.02. The average molecular weight is 175 g/mol. The van der Waals surface area contributed by atoms with E-state index in [-0.39, 0.29) is 0 Å². The molecule has 0 fully saturated rings. The van der Waals surface area contributed by atoms with Crippen LogP contribution in [0.15, 0.2) is 29.7 Å². The third kappa shape index (κ3) is 1.26. The van der Waals surface area contributed by atoms with Crippen molar-refractivity contribution in [1.82, 2.24) is 9.97 Å². The third-order valence-corrected chi connectivity index (χ3v) is 1.96. The van der Waals surface area contributed by atoms with E-state index >= 15 is 0 Å². The van der Waals surface area contributed by atoms with Crippen molar-refractivity contribution in [3.8, 4) is 0 Å². The zero-order chi connectivity index (χ0) is 9.26. The standard InChI is InChI=1S/C9H9N3O/c1-6(12-13)8-4-7-2-3-10-5-9(7)11-8/h2-5,11,13H,1H3. The first-order valence-corrected chi connectivity index (χ1v) is 3.93. The van der Waals surface area contributed by atoms with Gasteiger partial charge in [-0.15, -0.1) is 0 Å². The maximum atomic E-state index is 8.57. The molecule has 2 heterocycles. The molecule has 0 aliphatic carbocycles. The molecule has 0 spiro atoms. The summed E-state index contributed by atoms with van der Waals surface area (Å²) in [5.41, 5.74) is 2.32. The molecule has 0 atom stereocenters. The number of aromatic amines is 1. The Kier molecular flexibility index (Phi) is 1.73. The number of hydrogen-bond acceptors (Lipinski definition) is 3. The number of aromatic nitrogens is 2. The Bertz CT molecular complexity index is 426. The fourth-order valence-electron chi connectivity index (χ4n) is 1.22. The van der Waals surface area contributed by atoms with Gasteiger partial charge in [-0.2, -0.15) is 0 Å². The van der Waals surface area contributed by atoms with E-state index in [0.717, 1.165) is 16.6 Å². The van der Waals surface area contributed by atoms with Gasteiger partial charge in [0.1, 0.15) is 0 Å². The van der Waals surface area contributed by atoms with E-state index in [1.165, 1.54) is 0 Å². The van der Waals surface area contributed by atoms with Crippen molar-refractivity contribution in [3.05, 3.63) is 30.2 Å². The average Bonchev–Trinajstić information content (AvgIpc) is 2.59. The van der Waals surface area contributed by atoms with Gasteiger partial charge in [0.15, 0.2) is 0 Å². The van der Waals surface area contributed by atoms with Gasteiger partial charge in [-0.1, -0.05) is 5.16 Å². The van der Waals surface area contributed by atoms with E-state index in [4.69, 9.17) is 5.21 Å². The summed E-state index contributed by atoms with van der Waals surface area (Å²) in [7, 11) is 0. The van der Waals surface area contributed by atoms with Gasteiger partial charge in [-0.3, -0.25) is 4.98 Å². The first-order chi connectivity index (χ1) is 6.31. The van der Waals surface area contributed by atoms with E-state index in [1.807, 2.05) is 12.1 Å². The van der Waals surface area contributed by atoms with Gasteiger partial charge < -0.3 is 10.2 Å². The topological polar surface area (TPSA) is 61.3 Å². The van der Waals surface area contributed by atoms with Crippen LogP contribution in [-0.2, 0) is 0 Å². The lowest BCUT2D eigenvalue weighted by molar-refractivity contribution is 0.319. The zero-order valence-corrected chi connectivity index (χ0v) is 7.15. The Morgan fingerprint density at radius 1 is 1.62 bits per heavy atom. The van der Waals surface area contributed by atoms with Gasteiger partial charge in [0.25, 0.3) is 0 Å². The smallest absolute Gasteiger partial charge is 0.0999 e. The molecule has 2 aromatic rings. The molecule has 2 N–H and O–H groups in total. The van der Waals surface area contributed by atoms with Gasteiger partial charge >= 0.3 is 0 Å². The number of nitrogens with zero attached hydrogens (tertiary/aromatic N) is 2. The molecule has 0 amide bonds. The van der Waals surface area contributed by atoms with Crippen LogP contribution in [0.4, 0.5) is 0 Å². The summed E-state index contributed by atoms with van der Waals surface area (Å²) in [5.74, 6) is 0. The largest absolute Gasteiger partial charge is 0.411 e. The quantitative estimate of drug-likeness (QED) is 0.394. The minimum absolute atomic E-state index is 0.566. The molecule has 66 valence electrons. The molecule has 4 nitrogen and oxygen atoms in total. The number of hydrogen-bond donors (Lipinski definition) is 2. The van der Waals surface area contributed by atoms with Crippen LogP contribution in [0.2, 0.25) is 0 Å². The summed E-state index contributed by atoms with van der Waals surface area (Å²) in [6.07, 6.45) is 3.47. The number of fused-ring (bicyclic) bond motifs is 1. The minimum atomic E-state index is 0.566. The molecule has 13 heavy (non-hydrogen) atoms. The van der Waals surface area contributed by atoms with Crippen molar-refractivity contribution in [2.75, 3.05) is 0 Å². The normalized spacial score (nSPS) is 12.2. The monoisotopic (exact) mass is 175 g/mol. The maximum absolute atomic E-state index is 8.57. The van der Waals surface area contributed by atoms with Crippen molar-refractivity contribution in [1.29, 1.82) is 0 Å². The lowest BCUT2D eigenvalue weighted by Crippen LogP contribution is -1.93. The highest BCUT2D eigenvalue weighted by atomic mass is 16.4. The molecule has 0 unspecified atom stereocenters. The lowest BCUT2D eigenvalue weighted by Gasteiger charge is -1.89. The molecule has 0 aliphatic heterocycles. The summed E-state index contributed by atoms with van der Waals surface area (Å²) in [6.45, 7) is 1.73. The van der Waals surface area contributed by atoms with E-state index in [9.17, 15) is 0 Å². The van der Waals surface area contributed by atoms with Crippen LogP contribution in [0, 0.1) is 0 Å². The second kappa shape index (κ2) is 2.90. The zero-order valence-electron chi connectivity index (χ0n) is 7.15. The summed E-state index contributed by atoms with van der Waals surface area (Å²) in [5, 5.41) is 12.7. The van der Waals surface area contributed by atoms with Gasteiger partial charge in [-0.25, -0.2) is 0 Å². The van der Waals surface area contributed by atoms with Gasteiger partial charge in [0, 0.05) is 11.6 Å². The molecule has 2 rings (SSSR count). The van der Waals surface area contributed by atoms with Crippen LogP contribution in [0.5, 0.6) is 0 Å². The molecule has 2 aromatic heterocycles. The Labute approximate surface area is 74.9 Å². The van der Waals surface area contributed by atoms with Crippen molar-refractivity contribution < 1.29 is 5.21 Å². The predicted molar refractivity (Wildman–Crippen MR) is 50.1 cm³/mol. The highest BCUT2D eigenvalue weighted by molar-refractivity contribution is 6.00. The lowest BCUT2D eigenvalue weighted by atomic mass is 10.2. The molecule has 0 radical (unpaired) electrons. The summed E-state index contributed by atoms with van der Waals surface area (Å²) in [4.78, 5) is 7.07. The van der Waals surface area contributed by atoms with E-state index < -0.39 is 0 Å². The highest BCUT2D eigenvalue weighted by Crippen LogP contribution is 2.13. The Balaban J connectivity index is 2.62. The predicted octanol–water partition coefficient (Wildman–Crippen LogP) is 1.76. The van der Waals surface area contributed by atoms with Crippen LogP contribution >= 0.6 is 0 Å². The number of pyridine rings is 1. The molecular formula is C9H9N3O. The molecule has 0 bridgehead atoms. The van der Waals surface area contributed by atoms with Crippen LogP contribution in [-0.4, -0.2) is 20.9 Å². The van der Waals surface area contributed by atoms with Crippen molar-refractivity contribution in [3.63, 3.8) is 0 Å². The van der Waals surface area contributed by atoms with Crippen molar-refractivity contribution in [2.24, 2.45) is 5.16 Å². The van der Waals surface area contributed by atoms with Crippen LogP contribution in [0.1, 0.15) is 12.6 Å². The van der Waals surface area contributed by atoms with Gasteiger partial charge in [0.2, 0.25) is 0 Å². The number of nitrogens with one attached hydrogen (secondary N) is 1. The Hall–Kier alpha value is -1.84. The molecular weight excluding hydrogens is 166 g/mol. The molecule has 0 saturated heterocycles. The third-order valence-electron chi connectivity index (χ3n) is 1.96. The number of rotatable bonds is 1. The van der Waals surface area contributed by atoms with Crippen LogP contribution in [0.25, 0.3) is 10.9 Å². The number of H-pyrrole nitrogens is 1. The van der Waals surface area contributed by atoms with Crippen LogP contribution in [0.3, 0.4) is 0 Å². The van der Waals surface area contributed by atoms with Crippen molar-refractivity contribution >= 4 is 16.6 Å². The number of oxime groups is 1.